The van der Waals surface area contributed by atoms with E-state index in [2.05, 4.69) is 0 Å². The summed E-state index contributed by atoms with van der Waals surface area (Å²) in [5.74, 6) is 0. The summed E-state index contributed by atoms with van der Waals surface area (Å²) in [6.07, 6.45) is -3.00. The minimum absolute atomic E-state index is 0. The molecule has 1 rings (SSSR count). The first-order valence-corrected chi connectivity index (χ1v) is 3.97. The van der Waals surface area contributed by atoms with Crippen LogP contribution in [0.2, 0.25) is 5.02 Å². The smallest absolute Gasteiger partial charge is 0.445 e. The molecule has 0 amide bonds. The Kier molecular flexibility index (Phi) is 6.32. The molecule has 78 valence electrons. The van der Waals surface area contributed by atoms with Gasteiger partial charge in [-0.2, -0.15) is 0 Å². The largest absolute Gasteiger partial charge is 1.00 e. The van der Waals surface area contributed by atoms with Crippen molar-refractivity contribution in [1.82, 2.24) is 0 Å². The Bertz CT molecular complexity index is 341. The summed E-state index contributed by atoms with van der Waals surface area (Å²) in [6.45, 7) is -5.26. The third-order valence-corrected chi connectivity index (χ3v) is 1.98. The second kappa shape index (κ2) is 5.97. The monoisotopic (exact) mass is 268 g/mol. The topological polar surface area (TPSA) is 0 Å². The van der Waals surface area contributed by atoms with Crippen LogP contribution >= 0.6 is 11.6 Å². The summed E-state index contributed by atoms with van der Waals surface area (Å²) in [4.78, 5) is 0. The van der Waals surface area contributed by atoms with Crippen LogP contribution in [0.3, 0.4) is 0 Å². The summed E-state index contributed by atoms with van der Waals surface area (Å²) in [7, 11) is 0. The SMILES string of the molecule is FC(F)c1cc([B-](F)(F)F)ccc1Cl.[K+]. The minimum atomic E-state index is -5.26. The van der Waals surface area contributed by atoms with Gasteiger partial charge in [0.1, 0.15) is 0 Å². The van der Waals surface area contributed by atoms with Crippen LogP contribution in [0, 0.1) is 0 Å². The first-order valence-electron chi connectivity index (χ1n) is 3.60. The molecule has 1 aromatic carbocycles. The average Bonchev–Trinajstić information content (AvgIpc) is 2.02. The van der Waals surface area contributed by atoms with Crippen LogP contribution in [0.25, 0.3) is 0 Å². The Balaban J connectivity index is 0.00000196. The van der Waals surface area contributed by atoms with Crippen LogP contribution in [0.4, 0.5) is 21.7 Å². The van der Waals surface area contributed by atoms with Crippen molar-refractivity contribution in [3.8, 4) is 0 Å². The Morgan fingerprint density at radius 3 is 2.07 bits per heavy atom. The van der Waals surface area contributed by atoms with Gasteiger partial charge >= 0.3 is 58.4 Å². The number of alkyl halides is 2. The number of hydrogen-bond acceptors (Lipinski definition) is 0. The van der Waals surface area contributed by atoms with Gasteiger partial charge in [0.2, 0.25) is 0 Å². The van der Waals surface area contributed by atoms with Crippen molar-refractivity contribution in [2.75, 3.05) is 0 Å². The van der Waals surface area contributed by atoms with E-state index in [-0.39, 0.29) is 56.4 Å². The zero-order chi connectivity index (χ0) is 10.9. The van der Waals surface area contributed by atoms with Crippen LogP contribution in [-0.2, 0) is 0 Å². The minimum Gasteiger partial charge on any atom is -0.445 e. The van der Waals surface area contributed by atoms with E-state index in [1.54, 1.807) is 0 Å². The van der Waals surface area contributed by atoms with Gasteiger partial charge < -0.3 is 12.9 Å². The van der Waals surface area contributed by atoms with E-state index >= 15 is 0 Å². The molecule has 0 nitrogen and oxygen atoms in total. The van der Waals surface area contributed by atoms with Gasteiger partial charge in [-0.05, 0) is 6.07 Å². The van der Waals surface area contributed by atoms with Crippen LogP contribution in [-0.4, -0.2) is 6.98 Å². The van der Waals surface area contributed by atoms with Gasteiger partial charge in [-0.15, -0.1) is 5.46 Å². The molecule has 0 aliphatic rings. The van der Waals surface area contributed by atoms with Crippen LogP contribution in [0.1, 0.15) is 12.0 Å². The average molecular weight is 268 g/mol. The molecule has 0 aliphatic carbocycles. The number of rotatable bonds is 2. The summed E-state index contributed by atoms with van der Waals surface area (Å²) >= 11 is 5.30. The molecule has 0 fully saturated rings. The fraction of sp³-hybridized carbons (Fsp3) is 0.143. The van der Waals surface area contributed by atoms with Gasteiger partial charge in [0.05, 0.1) is 0 Å². The van der Waals surface area contributed by atoms with Crippen LogP contribution in [0.15, 0.2) is 18.2 Å². The quantitative estimate of drug-likeness (QED) is 0.536. The van der Waals surface area contributed by atoms with E-state index in [9.17, 15) is 21.7 Å². The molecule has 0 aromatic heterocycles. The van der Waals surface area contributed by atoms with E-state index in [0.717, 1.165) is 6.07 Å². The van der Waals surface area contributed by atoms with Crippen molar-refractivity contribution in [3.63, 3.8) is 0 Å². The van der Waals surface area contributed by atoms with E-state index in [0.29, 0.717) is 12.1 Å². The maximum Gasteiger partial charge on any atom is 1.00 e. The molecule has 8 heteroatoms. The van der Waals surface area contributed by atoms with Gasteiger partial charge in [-0.1, -0.05) is 23.7 Å². The normalized spacial score (nSPS) is 11.4. The zero-order valence-corrected chi connectivity index (χ0v) is 11.5. The fourth-order valence-electron chi connectivity index (χ4n) is 0.933. The molecular formula is C7H4BClF5K. The standard InChI is InChI=1S/C7H4BClF5.K/c9-6-2-1-4(8(12,13)14)3-5(6)7(10)11;/h1-3,7H;/q-1;+1. The molecule has 0 radical (unpaired) electrons. The molecule has 0 spiro atoms. The number of benzene rings is 1. The maximum atomic E-state index is 12.2. The van der Waals surface area contributed by atoms with E-state index in [4.69, 9.17) is 11.6 Å². The Morgan fingerprint density at radius 1 is 1.13 bits per heavy atom. The molecule has 0 N–H and O–H groups in total. The zero-order valence-electron chi connectivity index (χ0n) is 7.65. The van der Waals surface area contributed by atoms with Gasteiger partial charge in [0, 0.05) is 10.6 Å². The number of hydrogen-bond donors (Lipinski definition) is 0. The third-order valence-electron chi connectivity index (χ3n) is 1.63. The van der Waals surface area contributed by atoms with Crippen molar-refractivity contribution in [1.29, 1.82) is 0 Å². The van der Waals surface area contributed by atoms with Gasteiger partial charge in [-0.3, -0.25) is 0 Å². The van der Waals surface area contributed by atoms with Crippen molar-refractivity contribution in [2.45, 2.75) is 6.43 Å². The fourth-order valence-corrected chi connectivity index (χ4v) is 1.13. The molecule has 0 bridgehead atoms. The van der Waals surface area contributed by atoms with Gasteiger partial charge in [0.25, 0.3) is 6.43 Å². The van der Waals surface area contributed by atoms with Crippen molar-refractivity contribution in [2.24, 2.45) is 0 Å². The predicted molar refractivity (Wildman–Crippen MR) is 45.1 cm³/mol. The Labute approximate surface area is 131 Å². The second-order valence-electron chi connectivity index (χ2n) is 2.66. The summed E-state index contributed by atoms with van der Waals surface area (Å²) in [6, 6.07) is 1.90. The van der Waals surface area contributed by atoms with Gasteiger partial charge in [-0.25, -0.2) is 8.78 Å². The van der Waals surface area contributed by atoms with Crippen molar-refractivity contribution < 1.29 is 73.1 Å². The molecule has 0 saturated carbocycles. The molecule has 1 aromatic rings. The first-order chi connectivity index (χ1) is 6.32. The molecule has 15 heavy (non-hydrogen) atoms. The second-order valence-corrected chi connectivity index (χ2v) is 3.06. The summed E-state index contributed by atoms with van der Waals surface area (Å²) in [5, 5.41) is -0.358. The molecule has 0 atom stereocenters. The molecular weight excluding hydrogens is 264 g/mol. The van der Waals surface area contributed by atoms with Crippen LogP contribution in [0.5, 0.6) is 0 Å². The molecule has 0 heterocycles. The van der Waals surface area contributed by atoms with Crippen molar-refractivity contribution >= 4 is 24.0 Å². The predicted octanol–water partition coefficient (Wildman–Crippen LogP) is 0.336. The Morgan fingerprint density at radius 2 is 1.67 bits per heavy atom. The van der Waals surface area contributed by atoms with Gasteiger partial charge in [0.15, 0.2) is 0 Å². The summed E-state index contributed by atoms with van der Waals surface area (Å²) < 4.78 is 60.7. The third kappa shape index (κ3) is 4.32. The molecule has 0 unspecified atom stereocenters. The van der Waals surface area contributed by atoms with E-state index < -0.39 is 24.4 Å². The van der Waals surface area contributed by atoms with E-state index in [1.165, 1.54) is 0 Å². The van der Waals surface area contributed by atoms with E-state index in [1.807, 2.05) is 0 Å². The van der Waals surface area contributed by atoms with Crippen LogP contribution < -0.4 is 56.8 Å². The maximum absolute atomic E-state index is 12.2. The summed E-state index contributed by atoms with van der Waals surface area (Å²) in [5.41, 5.74) is -1.85. The molecule has 0 saturated heterocycles. The van der Waals surface area contributed by atoms with Crippen molar-refractivity contribution in [3.05, 3.63) is 28.8 Å². The molecule has 0 aliphatic heterocycles. The Hall–Kier alpha value is 0.861. The number of halogens is 6. The first kappa shape index (κ1) is 15.9.